The maximum atomic E-state index is 13.2. The molecule has 6 heteroatoms. The molecule has 0 aromatic heterocycles. The maximum absolute atomic E-state index is 13.2. The second kappa shape index (κ2) is 52.8. The molecule has 1 amide bonds. The molecule has 0 aromatic rings. The Morgan fingerprint density at radius 2 is 0.785 bits per heavy atom. The van der Waals surface area contributed by atoms with Crippen molar-refractivity contribution in [1.82, 2.24) is 5.32 Å². The van der Waals surface area contributed by atoms with Gasteiger partial charge in [-0.2, -0.15) is 0 Å². The Kier molecular flexibility index (Phi) is 51.0. The van der Waals surface area contributed by atoms with Crippen LogP contribution in [-0.4, -0.2) is 46.9 Å². The molecule has 0 heterocycles. The highest BCUT2D eigenvalue weighted by atomic mass is 16.5. The first-order valence-electron chi connectivity index (χ1n) is 28.4. The van der Waals surface area contributed by atoms with E-state index >= 15 is 0 Å². The summed E-state index contributed by atoms with van der Waals surface area (Å²) in [6.45, 7) is 6.47. The second-order valence-electron chi connectivity index (χ2n) is 19.4. The first kappa shape index (κ1) is 62.8. The van der Waals surface area contributed by atoms with E-state index in [0.29, 0.717) is 19.3 Å². The molecule has 0 saturated heterocycles. The standard InChI is InChI=1S/C59H109NO5/c1-4-7-10-13-16-19-22-25-27-29-30-32-34-37-40-43-46-49-52-59(64)65-55(50-47-44-41-38-35-24-21-18-15-12-9-6-3)53-58(63)60-56(54-61)57(62)51-48-45-42-39-36-33-31-28-26-23-20-17-14-11-8-5-2/h16,19,22,25,27,29-30,32,55-57,61-62H,4-15,17-18,20-21,23-24,26,28,31,33-54H2,1-3H3,(H,60,63)/b19-16+,25-22+,29-27+,32-30+. The van der Waals surface area contributed by atoms with E-state index in [9.17, 15) is 19.8 Å². The lowest BCUT2D eigenvalue weighted by molar-refractivity contribution is -0.151. The molecule has 0 aliphatic heterocycles. The molecule has 0 aliphatic carbocycles. The summed E-state index contributed by atoms with van der Waals surface area (Å²) < 4.78 is 5.94. The Hall–Kier alpha value is -2.18. The third-order valence-corrected chi connectivity index (χ3v) is 13.0. The predicted octanol–water partition coefficient (Wildman–Crippen LogP) is 17.4. The highest BCUT2D eigenvalue weighted by Crippen LogP contribution is 2.19. The summed E-state index contributed by atoms with van der Waals surface area (Å²) in [7, 11) is 0. The van der Waals surface area contributed by atoms with Crippen LogP contribution >= 0.6 is 0 Å². The molecule has 0 aliphatic rings. The molecule has 0 saturated carbocycles. The zero-order chi connectivity index (χ0) is 47.4. The van der Waals surface area contributed by atoms with Crippen LogP contribution < -0.4 is 5.32 Å². The molecule has 3 N–H and O–H groups in total. The normalized spacial score (nSPS) is 13.5. The van der Waals surface area contributed by atoms with E-state index in [1.807, 2.05) is 0 Å². The van der Waals surface area contributed by atoms with Crippen LogP contribution in [0, 0.1) is 0 Å². The number of aliphatic hydroxyl groups is 2. The number of aliphatic hydroxyl groups excluding tert-OH is 2. The average molecular weight is 913 g/mol. The van der Waals surface area contributed by atoms with E-state index in [1.165, 1.54) is 173 Å². The van der Waals surface area contributed by atoms with Crippen molar-refractivity contribution in [2.45, 2.75) is 309 Å². The quantitative estimate of drug-likeness (QED) is 0.0321. The largest absolute Gasteiger partial charge is 0.462 e. The summed E-state index contributed by atoms with van der Waals surface area (Å²) in [4.78, 5) is 26.2. The molecule has 0 aromatic carbocycles. The third-order valence-electron chi connectivity index (χ3n) is 13.0. The molecule has 6 nitrogen and oxygen atoms in total. The second-order valence-corrected chi connectivity index (χ2v) is 19.4. The van der Waals surface area contributed by atoms with Crippen LogP contribution in [0.1, 0.15) is 290 Å². The number of nitrogens with one attached hydrogen (secondary N) is 1. The van der Waals surface area contributed by atoms with E-state index in [0.717, 1.165) is 70.6 Å². The molecule has 3 atom stereocenters. The zero-order valence-electron chi connectivity index (χ0n) is 43.4. The molecule has 65 heavy (non-hydrogen) atoms. The fourth-order valence-electron chi connectivity index (χ4n) is 8.68. The Morgan fingerprint density at radius 1 is 0.446 bits per heavy atom. The van der Waals surface area contributed by atoms with E-state index in [1.54, 1.807) is 0 Å². The Labute approximate surface area is 404 Å². The molecular weight excluding hydrogens is 803 g/mol. The molecule has 0 radical (unpaired) electrons. The van der Waals surface area contributed by atoms with Gasteiger partial charge in [0.2, 0.25) is 5.91 Å². The highest BCUT2D eigenvalue weighted by molar-refractivity contribution is 5.77. The summed E-state index contributed by atoms with van der Waals surface area (Å²) in [6, 6.07) is -0.705. The highest BCUT2D eigenvalue weighted by Gasteiger charge is 2.24. The van der Waals surface area contributed by atoms with Crippen molar-refractivity contribution in [2.75, 3.05) is 6.61 Å². The fourth-order valence-corrected chi connectivity index (χ4v) is 8.68. The number of hydrogen-bond donors (Lipinski definition) is 3. The van der Waals surface area contributed by atoms with E-state index in [2.05, 4.69) is 74.7 Å². The van der Waals surface area contributed by atoms with Crippen LogP contribution in [0.4, 0.5) is 0 Å². The monoisotopic (exact) mass is 912 g/mol. The van der Waals surface area contributed by atoms with Crippen molar-refractivity contribution in [1.29, 1.82) is 0 Å². The fraction of sp³-hybridized carbons (Fsp3) is 0.831. The number of carbonyl (C=O) groups excluding carboxylic acids is 2. The number of allylic oxidation sites excluding steroid dienone is 8. The summed E-state index contributed by atoms with van der Waals surface area (Å²) in [5.74, 6) is -0.488. The van der Waals surface area contributed by atoms with Gasteiger partial charge in [-0.15, -0.1) is 0 Å². The van der Waals surface area contributed by atoms with Crippen molar-refractivity contribution in [2.24, 2.45) is 0 Å². The van der Waals surface area contributed by atoms with Crippen LogP contribution in [-0.2, 0) is 14.3 Å². The average Bonchev–Trinajstić information content (AvgIpc) is 3.30. The lowest BCUT2D eigenvalue weighted by Gasteiger charge is -2.24. The van der Waals surface area contributed by atoms with Crippen LogP contribution in [0.3, 0.4) is 0 Å². The Balaban J connectivity index is 4.53. The number of rotatable bonds is 51. The first-order valence-corrected chi connectivity index (χ1v) is 28.4. The molecular formula is C59H109NO5. The van der Waals surface area contributed by atoms with Gasteiger partial charge in [0.25, 0.3) is 0 Å². The van der Waals surface area contributed by atoms with Crippen molar-refractivity contribution in [3.8, 4) is 0 Å². The van der Waals surface area contributed by atoms with E-state index in [4.69, 9.17) is 4.74 Å². The molecule has 0 fully saturated rings. The van der Waals surface area contributed by atoms with Gasteiger partial charge in [-0.3, -0.25) is 9.59 Å². The number of esters is 1. The summed E-state index contributed by atoms with van der Waals surface area (Å²) >= 11 is 0. The smallest absolute Gasteiger partial charge is 0.306 e. The predicted molar refractivity (Wildman–Crippen MR) is 282 cm³/mol. The number of carbonyl (C=O) groups is 2. The molecule has 0 spiro atoms. The van der Waals surface area contributed by atoms with Crippen LogP contribution in [0.5, 0.6) is 0 Å². The van der Waals surface area contributed by atoms with Gasteiger partial charge in [0, 0.05) is 6.42 Å². The van der Waals surface area contributed by atoms with Gasteiger partial charge in [0.15, 0.2) is 0 Å². The Morgan fingerprint density at radius 3 is 1.22 bits per heavy atom. The summed E-state index contributed by atoms with van der Waals surface area (Å²) in [5.41, 5.74) is 0. The van der Waals surface area contributed by atoms with Gasteiger partial charge < -0.3 is 20.3 Å². The molecule has 0 rings (SSSR count). The van der Waals surface area contributed by atoms with Crippen molar-refractivity contribution in [3.63, 3.8) is 0 Å². The number of ether oxygens (including phenoxy) is 1. The van der Waals surface area contributed by atoms with Crippen LogP contribution in [0.25, 0.3) is 0 Å². The summed E-state index contributed by atoms with van der Waals surface area (Å²) in [6.07, 6.45) is 64.5. The zero-order valence-corrected chi connectivity index (χ0v) is 43.4. The van der Waals surface area contributed by atoms with Gasteiger partial charge >= 0.3 is 5.97 Å². The minimum Gasteiger partial charge on any atom is -0.462 e. The lowest BCUT2D eigenvalue weighted by Crippen LogP contribution is -2.46. The van der Waals surface area contributed by atoms with Crippen LogP contribution in [0.2, 0.25) is 0 Å². The van der Waals surface area contributed by atoms with Gasteiger partial charge in [-0.25, -0.2) is 0 Å². The topological polar surface area (TPSA) is 95.9 Å². The molecule has 380 valence electrons. The molecule has 3 unspecified atom stereocenters. The van der Waals surface area contributed by atoms with Gasteiger partial charge in [-0.1, -0.05) is 275 Å². The number of unbranched alkanes of at least 4 members (excludes halogenated alkanes) is 34. The summed E-state index contributed by atoms with van der Waals surface area (Å²) in [5, 5.41) is 23.9. The number of hydrogen-bond acceptors (Lipinski definition) is 5. The van der Waals surface area contributed by atoms with Gasteiger partial charge in [0.1, 0.15) is 6.10 Å². The van der Waals surface area contributed by atoms with Crippen molar-refractivity contribution in [3.05, 3.63) is 48.6 Å². The SMILES string of the molecule is CCCCC/C=C/C=C/C=C/C=C/CCCCCCCC(=O)OC(CCCCCCCCCCCCCC)CC(=O)NC(CO)C(O)CCCCCCCCCCCCCCCCCC. The van der Waals surface area contributed by atoms with Gasteiger partial charge in [-0.05, 0) is 51.4 Å². The Bertz CT molecular complexity index is 1110. The van der Waals surface area contributed by atoms with Crippen LogP contribution in [0.15, 0.2) is 48.6 Å². The van der Waals surface area contributed by atoms with Crippen molar-refractivity contribution >= 4 is 11.9 Å². The van der Waals surface area contributed by atoms with E-state index in [-0.39, 0.29) is 24.9 Å². The lowest BCUT2D eigenvalue weighted by atomic mass is 10.0. The number of amides is 1. The minimum absolute atomic E-state index is 0.0706. The van der Waals surface area contributed by atoms with E-state index < -0.39 is 18.2 Å². The van der Waals surface area contributed by atoms with Crippen molar-refractivity contribution < 1.29 is 24.5 Å². The van der Waals surface area contributed by atoms with Gasteiger partial charge in [0.05, 0.1) is 25.2 Å². The minimum atomic E-state index is -0.791. The third kappa shape index (κ3) is 48.1. The first-order chi connectivity index (χ1) is 32.0. The maximum Gasteiger partial charge on any atom is 0.306 e. The molecule has 0 bridgehead atoms.